The summed E-state index contributed by atoms with van der Waals surface area (Å²) in [7, 11) is 5.36. The molecular weight excluding hydrogens is 254 g/mol. The second kappa shape index (κ2) is 5.83. The van der Waals surface area contributed by atoms with Crippen molar-refractivity contribution in [1.29, 1.82) is 0 Å². The van der Waals surface area contributed by atoms with Crippen molar-refractivity contribution in [3.05, 3.63) is 23.8 Å². The molecule has 0 spiro atoms. The molecule has 20 heavy (non-hydrogen) atoms. The number of likely N-dealkylation sites (tertiary alicyclic amines) is 1. The Balaban J connectivity index is 2.47. The maximum absolute atomic E-state index is 12.3. The molecule has 2 rings (SSSR count). The molecule has 4 nitrogen and oxygen atoms in total. The molecule has 1 aromatic rings. The van der Waals surface area contributed by atoms with E-state index < -0.39 is 5.41 Å². The fourth-order valence-electron chi connectivity index (χ4n) is 3.01. The van der Waals surface area contributed by atoms with Gasteiger partial charge in [-0.1, -0.05) is 6.07 Å². The minimum absolute atomic E-state index is 0.217. The number of hydrogen-bond donors (Lipinski definition) is 0. The number of benzene rings is 1. The van der Waals surface area contributed by atoms with Crippen molar-refractivity contribution in [2.45, 2.75) is 25.2 Å². The molecule has 110 valence electrons. The normalized spacial score (nSPS) is 18.6. The van der Waals surface area contributed by atoms with Crippen molar-refractivity contribution in [2.75, 3.05) is 34.4 Å². The Morgan fingerprint density at radius 2 is 1.85 bits per heavy atom. The standard InChI is InChI=1S/C16H23NO3/c1-12(18)16(7-9-17(2)10-8-16)14-6-5-13(19-3)11-15(14)20-4/h5-6,11H,7-10H2,1-4H3. The average molecular weight is 277 g/mol. The molecule has 4 heteroatoms. The number of methoxy groups -OCH3 is 2. The van der Waals surface area contributed by atoms with Gasteiger partial charge in [0.2, 0.25) is 0 Å². The zero-order valence-electron chi connectivity index (χ0n) is 12.7. The van der Waals surface area contributed by atoms with Gasteiger partial charge in [0, 0.05) is 11.6 Å². The largest absolute Gasteiger partial charge is 0.497 e. The van der Waals surface area contributed by atoms with Crippen molar-refractivity contribution >= 4 is 5.78 Å². The molecule has 0 atom stereocenters. The third kappa shape index (κ3) is 2.52. The molecule has 0 saturated carbocycles. The maximum Gasteiger partial charge on any atom is 0.140 e. The fraction of sp³-hybridized carbons (Fsp3) is 0.562. The molecule has 1 aliphatic rings. The van der Waals surface area contributed by atoms with Gasteiger partial charge in [0.1, 0.15) is 17.3 Å². The molecule has 1 aromatic carbocycles. The highest BCUT2D eigenvalue weighted by molar-refractivity contribution is 5.89. The molecule has 1 fully saturated rings. The Labute approximate surface area is 120 Å². The van der Waals surface area contributed by atoms with E-state index in [9.17, 15) is 4.79 Å². The van der Waals surface area contributed by atoms with Gasteiger partial charge in [0.25, 0.3) is 0 Å². The summed E-state index contributed by atoms with van der Waals surface area (Å²) in [6.45, 7) is 3.54. The molecule has 1 aliphatic heterocycles. The van der Waals surface area contributed by atoms with Gasteiger partial charge in [-0.3, -0.25) is 4.79 Å². The Hall–Kier alpha value is -1.55. The molecule has 0 unspecified atom stereocenters. The van der Waals surface area contributed by atoms with Crippen LogP contribution < -0.4 is 9.47 Å². The maximum atomic E-state index is 12.3. The first-order valence-corrected chi connectivity index (χ1v) is 6.95. The molecule has 1 saturated heterocycles. The minimum atomic E-state index is -0.426. The van der Waals surface area contributed by atoms with Gasteiger partial charge < -0.3 is 14.4 Å². The van der Waals surface area contributed by atoms with Gasteiger partial charge in [-0.2, -0.15) is 0 Å². The molecule has 1 heterocycles. The predicted octanol–water partition coefficient (Wildman–Crippen LogP) is 2.26. The summed E-state index contributed by atoms with van der Waals surface area (Å²) in [6, 6.07) is 5.74. The lowest BCUT2D eigenvalue weighted by atomic mass is 9.70. The zero-order chi connectivity index (χ0) is 14.8. The van der Waals surface area contributed by atoms with Crippen LogP contribution in [0, 0.1) is 0 Å². The van der Waals surface area contributed by atoms with Crippen LogP contribution in [0.15, 0.2) is 18.2 Å². The van der Waals surface area contributed by atoms with Crippen molar-refractivity contribution in [1.82, 2.24) is 4.90 Å². The monoisotopic (exact) mass is 277 g/mol. The highest BCUT2D eigenvalue weighted by Crippen LogP contribution is 2.42. The minimum Gasteiger partial charge on any atom is -0.497 e. The van der Waals surface area contributed by atoms with Crippen LogP contribution in [0.5, 0.6) is 11.5 Å². The number of ketones is 1. The second-order valence-corrected chi connectivity index (χ2v) is 5.51. The van der Waals surface area contributed by atoms with Crippen LogP contribution in [0.1, 0.15) is 25.3 Å². The van der Waals surface area contributed by atoms with Gasteiger partial charge >= 0.3 is 0 Å². The van der Waals surface area contributed by atoms with E-state index in [-0.39, 0.29) is 5.78 Å². The lowest BCUT2D eigenvalue weighted by molar-refractivity contribution is -0.124. The van der Waals surface area contributed by atoms with E-state index in [1.54, 1.807) is 21.1 Å². The highest BCUT2D eigenvalue weighted by Gasteiger charge is 2.41. The van der Waals surface area contributed by atoms with Crippen LogP contribution >= 0.6 is 0 Å². The molecule has 0 aliphatic carbocycles. The molecule has 0 bridgehead atoms. The summed E-state index contributed by atoms with van der Waals surface area (Å²) in [5, 5.41) is 0. The van der Waals surface area contributed by atoms with Crippen LogP contribution in [0.2, 0.25) is 0 Å². The lowest BCUT2D eigenvalue weighted by Gasteiger charge is -2.39. The van der Waals surface area contributed by atoms with Crippen molar-refractivity contribution in [2.24, 2.45) is 0 Å². The Bertz CT molecular complexity index is 490. The van der Waals surface area contributed by atoms with Crippen LogP contribution in [0.3, 0.4) is 0 Å². The summed E-state index contributed by atoms with van der Waals surface area (Å²) in [5.41, 5.74) is 0.561. The van der Waals surface area contributed by atoms with E-state index >= 15 is 0 Å². The van der Waals surface area contributed by atoms with E-state index in [1.165, 1.54) is 0 Å². The lowest BCUT2D eigenvalue weighted by Crippen LogP contribution is -2.45. The number of Topliss-reactive ketones (excluding diaryl/α,β-unsaturated/α-hetero) is 1. The first-order valence-electron chi connectivity index (χ1n) is 6.95. The number of rotatable bonds is 4. The topological polar surface area (TPSA) is 38.8 Å². The van der Waals surface area contributed by atoms with E-state index in [0.717, 1.165) is 43.0 Å². The average Bonchev–Trinajstić information content (AvgIpc) is 2.47. The zero-order valence-corrected chi connectivity index (χ0v) is 12.7. The first kappa shape index (κ1) is 14.9. The SMILES string of the molecule is COc1ccc(C2(C(C)=O)CCN(C)CC2)c(OC)c1. The number of ether oxygens (including phenoxy) is 2. The van der Waals surface area contributed by atoms with Crippen molar-refractivity contribution in [3.8, 4) is 11.5 Å². The van der Waals surface area contributed by atoms with Crippen LogP contribution in [-0.2, 0) is 10.2 Å². The Morgan fingerprint density at radius 3 is 2.35 bits per heavy atom. The summed E-state index contributed by atoms with van der Waals surface area (Å²) >= 11 is 0. The van der Waals surface area contributed by atoms with Gasteiger partial charge in [-0.25, -0.2) is 0 Å². The number of nitrogens with zero attached hydrogens (tertiary/aromatic N) is 1. The number of hydrogen-bond acceptors (Lipinski definition) is 4. The fourth-order valence-corrected chi connectivity index (χ4v) is 3.01. The second-order valence-electron chi connectivity index (χ2n) is 5.51. The first-order chi connectivity index (χ1) is 9.53. The molecule has 0 N–H and O–H groups in total. The van der Waals surface area contributed by atoms with E-state index in [2.05, 4.69) is 11.9 Å². The van der Waals surface area contributed by atoms with E-state index in [4.69, 9.17) is 9.47 Å². The third-order valence-corrected chi connectivity index (χ3v) is 4.44. The van der Waals surface area contributed by atoms with E-state index in [1.807, 2.05) is 18.2 Å². The highest BCUT2D eigenvalue weighted by atomic mass is 16.5. The smallest absolute Gasteiger partial charge is 0.140 e. The van der Waals surface area contributed by atoms with Crippen molar-refractivity contribution in [3.63, 3.8) is 0 Å². The summed E-state index contributed by atoms with van der Waals surface area (Å²) < 4.78 is 10.7. The quantitative estimate of drug-likeness (QED) is 0.846. The van der Waals surface area contributed by atoms with Crippen LogP contribution in [0.25, 0.3) is 0 Å². The number of piperidine rings is 1. The molecule has 0 aromatic heterocycles. The predicted molar refractivity (Wildman–Crippen MR) is 78.6 cm³/mol. The van der Waals surface area contributed by atoms with Gasteiger partial charge in [-0.05, 0) is 46.0 Å². The van der Waals surface area contributed by atoms with Crippen LogP contribution in [-0.4, -0.2) is 45.0 Å². The summed E-state index contributed by atoms with van der Waals surface area (Å²) in [6.07, 6.45) is 1.67. The molecule has 0 amide bonds. The Morgan fingerprint density at radius 1 is 1.20 bits per heavy atom. The number of carbonyl (C=O) groups is 1. The van der Waals surface area contributed by atoms with Gasteiger partial charge in [0.15, 0.2) is 0 Å². The van der Waals surface area contributed by atoms with Crippen LogP contribution in [0.4, 0.5) is 0 Å². The third-order valence-electron chi connectivity index (χ3n) is 4.44. The van der Waals surface area contributed by atoms with Gasteiger partial charge in [0.05, 0.1) is 19.6 Å². The van der Waals surface area contributed by atoms with Crippen molar-refractivity contribution < 1.29 is 14.3 Å². The van der Waals surface area contributed by atoms with E-state index in [0.29, 0.717) is 0 Å². The number of carbonyl (C=O) groups excluding carboxylic acids is 1. The van der Waals surface area contributed by atoms with Gasteiger partial charge in [-0.15, -0.1) is 0 Å². The summed E-state index contributed by atoms with van der Waals surface area (Å²) in [4.78, 5) is 14.6. The molecule has 0 radical (unpaired) electrons. The molecular formula is C16H23NO3. The summed E-state index contributed by atoms with van der Waals surface area (Å²) in [5.74, 6) is 1.70. The Kier molecular flexibility index (Phi) is 4.33.